The van der Waals surface area contributed by atoms with Gasteiger partial charge in [0, 0.05) is 24.3 Å². The Morgan fingerprint density at radius 1 is 0.886 bits per heavy atom. The van der Waals surface area contributed by atoms with Gasteiger partial charge < -0.3 is 24.4 Å². The molecule has 0 fully saturated rings. The van der Waals surface area contributed by atoms with Gasteiger partial charge in [0.2, 0.25) is 0 Å². The van der Waals surface area contributed by atoms with E-state index in [9.17, 15) is 14.7 Å². The van der Waals surface area contributed by atoms with Crippen molar-refractivity contribution < 1.29 is 34.0 Å². The summed E-state index contributed by atoms with van der Waals surface area (Å²) in [4.78, 5) is 24.3. The number of ketones is 1. The largest absolute Gasteiger partial charge is 0.491 e. The number of ether oxygens (including phenoxy) is 3. The first-order valence-corrected chi connectivity index (χ1v) is 11.2. The second kappa shape index (κ2) is 13.1. The number of carbonyl (C=O) groups is 2. The first-order chi connectivity index (χ1) is 17.0. The zero-order valence-corrected chi connectivity index (χ0v) is 19.4. The molecular formula is C27H29NO7. The van der Waals surface area contributed by atoms with Crippen LogP contribution in [0.2, 0.25) is 0 Å². The van der Waals surface area contributed by atoms with Crippen LogP contribution >= 0.6 is 0 Å². The Hall–Kier alpha value is -3.88. The van der Waals surface area contributed by atoms with Crippen LogP contribution in [0.15, 0.2) is 78.9 Å². The van der Waals surface area contributed by atoms with Crippen molar-refractivity contribution >= 4 is 17.6 Å². The standard InChI is InChI=1S/C27H29NO7/c1-19(31)20-10-12-22(13-11-20)28-27(32)35-26(21-6-5-9-24(18-21)33-17-16-30)25(14-15-29)34-23-7-3-2-4-8-23/h2-13,18,25-26,29-30H,14-17H2,1H3,(H,28,32)/t25-,26-/m1/s1. The molecule has 0 aromatic heterocycles. The average Bonchev–Trinajstić information content (AvgIpc) is 2.87. The zero-order chi connectivity index (χ0) is 25.0. The summed E-state index contributed by atoms with van der Waals surface area (Å²) in [6, 6.07) is 22.5. The van der Waals surface area contributed by atoms with Gasteiger partial charge in [0.1, 0.15) is 24.2 Å². The first-order valence-electron chi connectivity index (χ1n) is 11.2. The molecule has 8 nitrogen and oxygen atoms in total. The third-order valence-corrected chi connectivity index (χ3v) is 5.10. The second-order valence-corrected chi connectivity index (χ2v) is 7.71. The van der Waals surface area contributed by atoms with E-state index in [4.69, 9.17) is 19.3 Å². The Bertz CT molecular complexity index is 1090. The molecule has 184 valence electrons. The zero-order valence-electron chi connectivity index (χ0n) is 19.4. The number of aliphatic hydroxyl groups excluding tert-OH is 2. The van der Waals surface area contributed by atoms with Gasteiger partial charge in [-0.3, -0.25) is 10.1 Å². The Labute approximate surface area is 204 Å². The molecular weight excluding hydrogens is 450 g/mol. The van der Waals surface area contributed by atoms with E-state index in [1.54, 1.807) is 60.7 Å². The van der Waals surface area contributed by atoms with Crippen molar-refractivity contribution in [3.05, 3.63) is 90.0 Å². The molecule has 0 radical (unpaired) electrons. The lowest BCUT2D eigenvalue weighted by atomic mass is 10.0. The molecule has 8 heteroatoms. The summed E-state index contributed by atoms with van der Waals surface area (Å²) in [7, 11) is 0. The van der Waals surface area contributed by atoms with Gasteiger partial charge in [-0.15, -0.1) is 0 Å². The molecule has 3 aromatic rings. The number of Topliss-reactive ketones (excluding diaryl/α,β-unsaturated/α-hetero) is 1. The Balaban J connectivity index is 1.85. The summed E-state index contributed by atoms with van der Waals surface area (Å²) >= 11 is 0. The van der Waals surface area contributed by atoms with Crippen molar-refractivity contribution in [2.75, 3.05) is 25.1 Å². The maximum Gasteiger partial charge on any atom is 0.412 e. The summed E-state index contributed by atoms with van der Waals surface area (Å²) in [6.07, 6.45) is -2.13. The molecule has 35 heavy (non-hydrogen) atoms. The molecule has 0 bridgehead atoms. The minimum absolute atomic E-state index is 0.0765. The molecule has 0 saturated heterocycles. The Morgan fingerprint density at radius 2 is 1.60 bits per heavy atom. The maximum atomic E-state index is 12.9. The minimum Gasteiger partial charge on any atom is -0.491 e. The normalized spacial score (nSPS) is 12.3. The number of anilines is 1. The van der Waals surface area contributed by atoms with Crippen LogP contribution in [0.1, 0.15) is 35.4 Å². The third-order valence-electron chi connectivity index (χ3n) is 5.10. The average molecular weight is 480 g/mol. The van der Waals surface area contributed by atoms with Crippen molar-refractivity contribution in [1.82, 2.24) is 0 Å². The topological polar surface area (TPSA) is 114 Å². The Morgan fingerprint density at radius 3 is 2.26 bits per heavy atom. The molecule has 0 aliphatic heterocycles. The lowest BCUT2D eigenvalue weighted by Gasteiger charge is -2.28. The molecule has 3 aromatic carbocycles. The van der Waals surface area contributed by atoms with Crippen LogP contribution in [0.4, 0.5) is 10.5 Å². The molecule has 2 atom stereocenters. The number of benzene rings is 3. The van der Waals surface area contributed by atoms with Gasteiger partial charge in [-0.2, -0.15) is 0 Å². The van der Waals surface area contributed by atoms with E-state index >= 15 is 0 Å². The quantitative estimate of drug-likeness (QED) is 0.330. The fourth-order valence-corrected chi connectivity index (χ4v) is 3.43. The highest BCUT2D eigenvalue weighted by Gasteiger charge is 2.29. The monoisotopic (exact) mass is 479 g/mol. The van der Waals surface area contributed by atoms with E-state index < -0.39 is 18.3 Å². The van der Waals surface area contributed by atoms with E-state index in [1.807, 2.05) is 18.2 Å². The molecule has 3 rings (SSSR count). The number of rotatable bonds is 12. The van der Waals surface area contributed by atoms with Gasteiger partial charge in [0.25, 0.3) is 0 Å². The summed E-state index contributed by atoms with van der Waals surface area (Å²) < 4.78 is 17.4. The van der Waals surface area contributed by atoms with Crippen LogP contribution in [0.5, 0.6) is 11.5 Å². The molecule has 0 spiro atoms. The highest BCUT2D eigenvalue weighted by Crippen LogP contribution is 2.30. The molecule has 1 amide bonds. The van der Waals surface area contributed by atoms with Gasteiger partial charge in [-0.1, -0.05) is 30.3 Å². The van der Waals surface area contributed by atoms with Crippen molar-refractivity contribution in [1.29, 1.82) is 0 Å². The SMILES string of the molecule is CC(=O)c1ccc(NC(=O)O[C@H](c2cccc(OCCO)c2)[C@@H](CCO)Oc2ccccc2)cc1. The third kappa shape index (κ3) is 7.84. The number of aliphatic hydroxyl groups is 2. The van der Waals surface area contributed by atoms with Gasteiger partial charge in [-0.05, 0) is 61.0 Å². The van der Waals surface area contributed by atoms with E-state index in [0.717, 1.165) is 0 Å². The van der Waals surface area contributed by atoms with Crippen LogP contribution in [0.3, 0.4) is 0 Å². The fraction of sp³-hybridized carbons (Fsp3) is 0.259. The Kier molecular flexibility index (Phi) is 9.65. The van der Waals surface area contributed by atoms with E-state index in [0.29, 0.717) is 28.3 Å². The smallest absolute Gasteiger partial charge is 0.412 e. The van der Waals surface area contributed by atoms with Gasteiger partial charge in [0.15, 0.2) is 11.9 Å². The number of hydrogen-bond acceptors (Lipinski definition) is 7. The summed E-state index contributed by atoms with van der Waals surface area (Å²) in [5, 5.41) is 21.4. The predicted molar refractivity (Wildman–Crippen MR) is 131 cm³/mol. The van der Waals surface area contributed by atoms with Crippen molar-refractivity contribution in [2.24, 2.45) is 0 Å². The van der Waals surface area contributed by atoms with E-state index in [-0.39, 0.29) is 32.0 Å². The van der Waals surface area contributed by atoms with Crippen LogP contribution in [0, 0.1) is 0 Å². The van der Waals surface area contributed by atoms with E-state index in [1.165, 1.54) is 6.92 Å². The number of amides is 1. The van der Waals surface area contributed by atoms with Crippen molar-refractivity contribution in [2.45, 2.75) is 25.6 Å². The number of carbonyl (C=O) groups excluding carboxylic acids is 2. The van der Waals surface area contributed by atoms with Crippen LogP contribution < -0.4 is 14.8 Å². The predicted octanol–water partition coefficient (Wildman–Crippen LogP) is 4.38. The highest BCUT2D eigenvalue weighted by atomic mass is 16.6. The molecule has 0 aliphatic carbocycles. The van der Waals surface area contributed by atoms with Crippen LogP contribution in [0.25, 0.3) is 0 Å². The van der Waals surface area contributed by atoms with Crippen molar-refractivity contribution in [3.8, 4) is 11.5 Å². The summed E-state index contributed by atoms with van der Waals surface area (Å²) in [5.74, 6) is 0.979. The highest BCUT2D eigenvalue weighted by molar-refractivity contribution is 5.95. The lowest BCUT2D eigenvalue weighted by Crippen LogP contribution is -2.31. The van der Waals surface area contributed by atoms with Gasteiger partial charge in [0.05, 0.1) is 6.61 Å². The van der Waals surface area contributed by atoms with Gasteiger partial charge >= 0.3 is 6.09 Å². The lowest BCUT2D eigenvalue weighted by molar-refractivity contribution is 0.00897. The van der Waals surface area contributed by atoms with Crippen LogP contribution in [-0.2, 0) is 4.74 Å². The minimum atomic E-state index is -0.892. The second-order valence-electron chi connectivity index (χ2n) is 7.71. The summed E-state index contributed by atoms with van der Waals surface area (Å²) in [5.41, 5.74) is 1.58. The molecule has 0 unspecified atom stereocenters. The fourth-order valence-electron chi connectivity index (χ4n) is 3.43. The molecule has 0 aliphatic rings. The first kappa shape index (κ1) is 25.7. The van der Waals surface area contributed by atoms with E-state index in [2.05, 4.69) is 5.32 Å². The summed E-state index contributed by atoms with van der Waals surface area (Å²) in [6.45, 7) is 1.26. The van der Waals surface area contributed by atoms with Crippen molar-refractivity contribution in [3.63, 3.8) is 0 Å². The number of nitrogens with one attached hydrogen (secondary N) is 1. The number of para-hydroxylation sites is 1. The van der Waals surface area contributed by atoms with Gasteiger partial charge in [-0.25, -0.2) is 4.79 Å². The number of hydrogen-bond donors (Lipinski definition) is 3. The molecule has 3 N–H and O–H groups in total. The molecule has 0 saturated carbocycles. The van der Waals surface area contributed by atoms with Crippen LogP contribution in [-0.4, -0.2) is 48.0 Å². The molecule has 0 heterocycles. The maximum absolute atomic E-state index is 12.9.